The molecule has 4 nitrogen and oxygen atoms in total. The first kappa shape index (κ1) is 15.7. The highest BCUT2D eigenvalue weighted by Gasteiger charge is 2.06. The lowest BCUT2D eigenvalue weighted by Gasteiger charge is -2.14. The third kappa shape index (κ3) is 6.94. The summed E-state index contributed by atoms with van der Waals surface area (Å²) < 4.78 is 0. The Balaban J connectivity index is 2.16. The van der Waals surface area contributed by atoms with Crippen LogP contribution >= 0.6 is 0 Å². The molecule has 1 aromatic carbocycles. The number of carbonyl (C=O) groups is 1. The number of benzene rings is 1. The zero-order chi connectivity index (χ0) is 14.1. The first-order chi connectivity index (χ1) is 9.09. The average molecular weight is 263 g/mol. The van der Waals surface area contributed by atoms with Crippen LogP contribution in [-0.4, -0.2) is 44.5 Å². The molecule has 0 aliphatic heterocycles. The van der Waals surface area contributed by atoms with E-state index in [1.165, 1.54) is 5.56 Å². The second kappa shape index (κ2) is 8.67. The fraction of sp³-hybridized carbons (Fsp3) is 0.533. The highest BCUT2D eigenvalue weighted by molar-refractivity contribution is 5.77. The Morgan fingerprint density at radius 2 is 1.95 bits per heavy atom. The largest absolute Gasteiger partial charge is 0.355 e. The fourth-order valence-electron chi connectivity index (χ4n) is 1.79. The van der Waals surface area contributed by atoms with Crippen LogP contribution in [0.1, 0.15) is 24.9 Å². The van der Waals surface area contributed by atoms with Crippen molar-refractivity contribution < 1.29 is 4.79 Å². The molecule has 1 atom stereocenters. The van der Waals surface area contributed by atoms with Gasteiger partial charge >= 0.3 is 0 Å². The molecule has 1 aromatic rings. The Labute approximate surface area is 116 Å². The molecule has 0 fully saturated rings. The van der Waals surface area contributed by atoms with E-state index in [2.05, 4.69) is 34.6 Å². The van der Waals surface area contributed by atoms with E-state index in [9.17, 15) is 4.79 Å². The standard InChI is InChI=1S/C15H25N3O/c1-13(14-8-5-4-6-9-14)17-12-15(19)16-10-7-11-18(2)3/h4-6,8-9,13,17H,7,10-12H2,1-3H3,(H,16,19). The first-order valence-corrected chi connectivity index (χ1v) is 6.79. The highest BCUT2D eigenvalue weighted by Crippen LogP contribution is 2.10. The fourth-order valence-corrected chi connectivity index (χ4v) is 1.79. The van der Waals surface area contributed by atoms with Crippen molar-refractivity contribution in [3.05, 3.63) is 35.9 Å². The van der Waals surface area contributed by atoms with Crippen LogP contribution in [0.15, 0.2) is 30.3 Å². The number of hydrogen-bond acceptors (Lipinski definition) is 3. The molecule has 0 heterocycles. The predicted octanol–water partition coefficient (Wildman–Crippen LogP) is 1.41. The molecule has 0 aliphatic carbocycles. The summed E-state index contributed by atoms with van der Waals surface area (Å²) in [5, 5.41) is 6.14. The summed E-state index contributed by atoms with van der Waals surface area (Å²) in [6.07, 6.45) is 0.979. The monoisotopic (exact) mass is 263 g/mol. The Hall–Kier alpha value is -1.39. The summed E-state index contributed by atoms with van der Waals surface area (Å²) in [6.45, 7) is 4.15. The van der Waals surface area contributed by atoms with Crippen LogP contribution in [0.5, 0.6) is 0 Å². The maximum absolute atomic E-state index is 11.6. The van der Waals surface area contributed by atoms with Crippen LogP contribution in [0.25, 0.3) is 0 Å². The Bertz CT molecular complexity index is 365. The molecule has 0 aromatic heterocycles. The summed E-state index contributed by atoms with van der Waals surface area (Å²) in [7, 11) is 4.07. The van der Waals surface area contributed by atoms with Crippen molar-refractivity contribution in [2.24, 2.45) is 0 Å². The van der Waals surface area contributed by atoms with Gasteiger partial charge in [0.1, 0.15) is 0 Å². The summed E-state index contributed by atoms with van der Waals surface area (Å²) >= 11 is 0. The van der Waals surface area contributed by atoms with Gasteiger partial charge in [0.2, 0.25) is 5.91 Å². The number of rotatable bonds is 8. The van der Waals surface area contributed by atoms with E-state index in [0.29, 0.717) is 6.54 Å². The predicted molar refractivity (Wildman–Crippen MR) is 79.0 cm³/mol. The molecule has 1 rings (SSSR count). The van der Waals surface area contributed by atoms with Crippen LogP contribution in [0.4, 0.5) is 0 Å². The van der Waals surface area contributed by atoms with E-state index in [1.807, 2.05) is 32.3 Å². The van der Waals surface area contributed by atoms with Crippen molar-refractivity contribution >= 4 is 5.91 Å². The van der Waals surface area contributed by atoms with E-state index < -0.39 is 0 Å². The van der Waals surface area contributed by atoms with Crippen LogP contribution in [0.3, 0.4) is 0 Å². The summed E-state index contributed by atoms with van der Waals surface area (Å²) in [5.41, 5.74) is 1.20. The molecular weight excluding hydrogens is 238 g/mol. The molecule has 0 radical (unpaired) electrons. The molecule has 0 saturated carbocycles. The van der Waals surface area contributed by atoms with E-state index in [1.54, 1.807) is 0 Å². The quantitative estimate of drug-likeness (QED) is 0.697. The van der Waals surface area contributed by atoms with Crippen molar-refractivity contribution in [1.82, 2.24) is 15.5 Å². The van der Waals surface area contributed by atoms with Crippen LogP contribution < -0.4 is 10.6 Å². The first-order valence-electron chi connectivity index (χ1n) is 6.79. The van der Waals surface area contributed by atoms with Gasteiger partial charge in [-0.25, -0.2) is 0 Å². The van der Waals surface area contributed by atoms with Gasteiger partial charge in [-0.15, -0.1) is 0 Å². The zero-order valence-electron chi connectivity index (χ0n) is 12.1. The van der Waals surface area contributed by atoms with Crippen molar-refractivity contribution in [2.75, 3.05) is 33.7 Å². The third-order valence-corrected chi connectivity index (χ3v) is 2.97. The Morgan fingerprint density at radius 3 is 2.58 bits per heavy atom. The summed E-state index contributed by atoms with van der Waals surface area (Å²) in [6, 6.07) is 10.3. The van der Waals surface area contributed by atoms with E-state index >= 15 is 0 Å². The minimum atomic E-state index is 0.0570. The maximum Gasteiger partial charge on any atom is 0.233 e. The number of carbonyl (C=O) groups excluding carboxylic acids is 1. The number of amides is 1. The topological polar surface area (TPSA) is 44.4 Å². The van der Waals surface area contributed by atoms with Gasteiger partial charge in [0.15, 0.2) is 0 Å². The second-order valence-electron chi connectivity index (χ2n) is 5.02. The number of hydrogen-bond donors (Lipinski definition) is 2. The number of nitrogens with one attached hydrogen (secondary N) is 2. The van der Waals surface area contributed by atoms with Gasteiger partial charge in [-0.05, 0) is 39.5 Å². The molecule has 0 spiro atoms. The minimum absolute atomic E-state index is 0.0570. The molecule has 1 unspecified atom stereocenters. The molecule has 0 aliphatic rings. The lowest BCUT2D eigenvalue weighted by Crippen LogP contribution is -2.36. The second-order valence-corrected chi connectivity index (χ2v) is 5.02. The van der Waals surface area contributed by atoms with Crippen LogP contribution in [-0.2, 0) is 4.79 Å². The zero-order valence-corrected chi connectivity index (χ0v) is 12.1. The molecule has 2 N–H and O–H groups in total. The normalized spacial score (nSPS) is 12.4. The van der Waals surface area contributed by atoms with Crippen LogP contribution in [0, 0.1) is 0 Å². The molecule has 4 heteroatoms. The molecule has 0 saturated heterocycles. The van der Waals surface area contributed by atoms with Gasteiger partial charge in [-0.2, -0.15) is 0 Å². The molecule has 106 valence electrons. The smallest absolute Gasteiger partial charge is 0.233 e. The third-order valence-electron chi connectivity index (χ3n) is 2.97. The molecule has 1 amide bonds. The maximum atomic E-state index is 11.6. The van der Waals surface area contributed by atoms with Gasteiger partial charge in [-0.1, -0.05) is 30.3 Å². The van der Waals surface area contributed by atoms with Gasteiger partial charge < -0.3 is 15.5 Å². The van der Waals surface area contributed by atoms with Crippen molar-refractivity contribution in [3.63, 3.8) is 0 Å². The summed E-state index contributed by atoms with van der Waals surface area (Å²) in [4.78, 5) is 13.7. The highest BCUT2D eigenvalue weighted by atomic mass is 16.1. The van der Waals surface area contributed by atoms with Crippen LogP contribution in [0.2, 0.25) is 0 Å². The SMILES string of the molecule is CC(NCC(=O)NCCCN(C)C)c1ccccc1. The lowest BCUT2D eigenvalue weighted by molar-refractivity contribution is -0.120. The summed E-state index contributed by atoms with van der Waals surface area (Å²) in [5.74, 6) is 0.0570. The van der Waals surface area contributed by atoms with Gasteiger partial charge in [0, 0.05) is 12.6 Å². The van der Waals surface area contributed by atoms with E-state index in [4.69, 9.17) is 0 Å². The Kier molecular flexibility index (Phi) is 7.15. The molecule has 0 bridgehead atoms. The minimum Gasteiger partial charge on any atom is -0.355 e. The van der Waals surface area contributed by atoms with E-state index in [0.717, 1.165) is 19.5 Å². The van der Waals surface area contributed by atoms with E-state index in [-0.39, 0.29) is 11.9 Å². The van der Waals surface area contributed by atoms with Crippen molar-refractivity contribution in [1.29, 1.82) is 0 Å². The van der Waals surface area contributed by atoms with Gasteiger partial charge in [0.05, 0.1) is 6.54 Å². The number of nitrogens with zero attached hydrogens (tertiary/aromatic N) is 1. The van der Waals surface area contributed by atoms with Crippen molar-refractivity contribution in [3.8, 4) is 0 Å². The van der Waals surface area contributed by atoms with Crippen molar-refractivity contribution in [2.45, 2.75) is 19.4 Å². The lowest BCUT2D eigenvalue weighted by atomic mass is 10.1. The van der Waals surface area contributed by atoms with Gasteiger partial charge in [-0.3, -0.25) is 4.79 Å². The molecule has 19 heavy (non-hydrogen) atoms. The Morgan fingerprint density at radius 1 is 1.26 bits per heavy atom. The molecular formula is C15H25N3O. The van der Waals surface area contributed by atoms with Gasteiger partial charge in [0.25, 0.3) is 0 Å². The average Bonchev–Trinajstić information content (AvgIpc) is 2.41.